The summed E-state index contributed by atoms with van der Waals surface area (Å²) in [6.07, 6.45) is 3.59. The normalized spacial score (nSPS) is 16.7. The Hall–Kier alpha value is -2.74. The molecule has 1 atom stereocenters. The molecule has 140 valence electrons. The van der Waals surface area contributed by atoms with Crippen LogP contribution in [0, 0.1) is 11.7 Å². The first kappa shape index (κ1) is 17.7. The maximum atomic E-state index is 14.0. The van der Waals surface area contributed by atoms with Crippen molar-refractivity contribution in [3.05, 3.63) is 57.5 Å². The molecule has 0 saturated carbocycles. The van der Waals surface area contributed by atoms with Gasteiger partial charge in [0.25, 0.3) is 11.6 Å². The fourth-order valence-corrected chi connectivity index (χ4v) is 3.86. The topological polar surface area (TPSA) is 60.2 Å². The lowest BCUT2D eigenvalue weighted by Crippen LogP contribution is -2.24. The Morgan fingerprint density at radius 2 is 2.30 bits per heavy atom. The van der Waals surface area contributed by atoms with E-state index in [9.17, 15) is 9.18 Å². The molecule has 4 heterocycles. The van der Waals surface area contributed by atoms with Gasteiger partial charge in [0, 0.05) is 54.9 Å². The first-order valence-electron chi connectivity index (χ1n) is 8.69. The van der Waals surface area contributed by atoms with E-state index in [0.717, 1.165) is 25.7 Å². The summed E-state index contributed by atoms with van der Waals surface area (Å²) in [4.78, 5) is 22.7. The number of pyridine rings is 1. The van der Waals surface area contributed by atoms with E-state index in [1.807, 2.05) is 0 Å². The van der Waals surface area contributed by atoms with Crippen LogP contribution in [0.4, 0.5) is 10.1 Å². The second-order valence-corrected chi connectivity index (χ2v) is 7.35. The minimum atomic E-state index is -0.522. The Balaban J connectivity index is 1.49. The van der Waals surface area contributed by atoms with Gasteiger partial charge in [0.15, 0.2) is 5.82 Å². The summed E-state index contributed by atoms with van der Waals surface area (Å²) in [6, 6.07) is 5.12. The average Bonchev–Trinajstić information content (AvgIpc) is 3.34. The van der Waals surface area contributed by atoms with Crippen LogP contribution in [0.15, 0.2) is 46.1 Å². The lowest BCUT2D eigenvalue weighted by molar-refractivity contribution is 0.231. The Bertz CT molecular complexity index is 990. The summed E-state index contributed by atoms with van der Waals surface area (Å²) < 4.78 is 21.2. The molecule has 1 fully saturated rings. The molecule has 0 aliphatic carbocycles. The van der Waals surface area contributed by atoms with Crippen molar-refractivity contribution in [2.75, 3.05) is 24.6 Å². The molecule has 27 heavy (non-hydrogen) atoms. The van der Waals surface area contributed by atoms with E-state index in [0.29, 0.717) is 12.5 Å². The van der Waals surface area contributed by atoms with Crippen LogP contribution in [-0.2, 0) is 7.05 Å². The van der Waals surface area contributed by atoms with Crippen molar-refractivity contribution in [3.63, 3.8) is 0 Å². The zero-order valence-corrected chi connectivity index (χ0v) is 15.7. The van der Waals surface area contributed by atoms with Gasteiger partial charge in [0.05, 0.1) is 18.5 Å². The third kappa shape index (κ3) is 3.71. The second kappa shape index (κ2) is 7.48. The van der Waals surface area contributed by atoms with E-state index < -0.39 is 5.82 Å². The highest BCUT2D eigenvalue weighted by molar-refractivity contribution is 7.08. The third-order valence-corrected chi connectivity index (χ3v) is 5.42. The van der Waals surface area contributed by atoms with Gasteiger partial charge in [0.1, 0.15) is 0 Å². The molecule has 8 heteroatoms. The minimum absolute atomic E-state index is 0.197. The van der Waals surface area contributed by atoms with E-state index in [-0.39, 0.29) is 22.8 Å². The predicted molar refractivity (Wildman–Crippen MR) is 103 cm³/mol. The molecular weight excluding hydrogens is 367 g/mol. The van der Waals surface area contributed by atoms with Crippen LogP contribution in [0.5, 0.6) is 6.01 Å². The van der Waals surface area contributed by atoms with Crippen LogP contribution in [0.25, 0.3) is 11.3 Å². The van der Waals surface area contributed by atoms with Gasteiger partial charge in [-0.15, -0.1) is 0 Å². The zero-order chi connectivity index (χ0) is 18.8. The summed E-state index contributed by atoms with van der Waals surface area (Å²) >= 11 is 1.69. The van der Waals surface area contributed by atoms with Crippen LogP contribution in [0.2, 0.25) is 0 Å². The van der Waals surface area contributed by atoms with Gasteiger partial charge in [0.2, 0.25) is 0 Å². The number of nitrogens with zero attached hydrogens (tertiary/aromatic N) is 4. The molecule has 0 spiro atoms. The summed E-state index contributed by atoms with van der Waals surface area (Å²) in [7, 11) is 1.60. The molecule has 1 saturated heterocycles. The van der Waals surface area contributed by atoms with Gasteiger partial charge in [-0.1, -0.05) is 0 Å². The zero-order valence-electron chi connectivity index (χ0n) is 14.8. The van der Waals surface area contributed by atoms with Crippen LogP contribution < -0.4 is 15.2 Å². The Kier molecular flexibility index (Phi) is 4.89. The van der Waals surface area contributed by atoms with Crippen molar-refractivity contribution in [3.8, 4) is 17.3 Å². The van der Waals surface area contributed by atoms with Gasteiger partial charge >= 0.3 is 0 Å². The maximum absolute atomic E-state index is 14.0. The van der Waals surface area contributed by atoms with Crippen molar-refractivity contribution in [2.45, 2.75) is 6.42 Å². The lowest BCUT2D eigenvalue weighted by atomic mass is 10.1. The number of anilines is 1. The number of thiophene rings is 1. The number of ether oxygens (including phenoxy) is 1. The summed E-state index contributed by atoms with van der Waals surface area (Å²) in [6.45, 7) is 2.35. The summed E-state index contributed by atoms with van der Waals surface area (Å²) in [5.74, 6) is -0.172. The molecule has 0 aromatic carbocycles. The molecule has 1 aliphatic rings. The van der Waals surface area contributed by atoms with Crippen molar-refractivity contribution in [2.24, 2.45) is 13.0 Å². The largest absolute Gasteiger partial charge is 0.464 e. The monoisotopic (exact) mass is 386 g/mol. The second-order valence-electron chi connectivity index (χ2n) is 6.57. The minimum Gasteiger partial charge on any atom is -0.464 e. The fraction of sp³-hybridized carbons (Fsp3) is 0.316. The van der Waals surface area contributed by atoms with Crippen LogP contribution in [-0.4, -0.2) is 34.2 Å². The van der Waals surface area contributed by atoms with Crippen LogP contribution >= 0.6 is 11.3 Å². The number of hydrogen-bond acceptors (Lipinski definition) is 6. The van der Waals surface area contributed by atoms with E-state index in [1.165, 1.54) is 28.6 Å². The van der Waals surface area contributed by atoms with Gasteiger partial charge in [-0.05, 0) is 23.9 Å². The predicted octanol–water partition coefficient (Wildman–Crippen LogP) is 2.95. The highest BCUT2D eigenvalue weighted by Crippen LogP contribution is 2.26. The van der Waals surface area contributed by atoms with E-state index in [1.54, 1.807) is 18.4 Å². The van der Waals surface area contributed by atoms with E-state index in [4.69, 9.17) is 4.74 Å². The molecule has 6 nitrogen and oxygen atoms in total. The first-order valence-corrected chi connectivity index (χ1v) is 9.64. The maximum Gasteiger partial charge on any atom is 0.299 e. The van der Waals surface area contributed by atoms with Crippen LogP contribution in [0.1, 0.15) is 6.42 Å². The smallest absolute Gasteiger partial charge is 0.299 e. The van der Waals surface area contributed by atoms with Crippen molar-refractivity contribution in [1.82, 2.24) is 14.5 Å². The highest BCUT2D eigenvalue weighted by Gasteiger charge is 2.24. The number of hydrogen-bond donors (Lipinski definition) is 0. The molecule has 0 radical (unpaired) electrons. The number of rotatable bonds is 5. The van der Waals surface area contributed by atoms with E-state index >= 15 is 0 Å². The third-order valence-electron chi connectivity index (χ3n) is 4.75. The molecule has 0 N–H and O–H groups in total. The molecule has 1 aliphatic heterocycles. The van der Waals surface area contributed by atoms with Crippen molar-refractivity contribution in [1.29, 1.82) is 0 Å². The summed E-state index contributed by atoms with van der Waals surface area (Å²) in [5.41, 5.74) is 1.43. The number of aromatic nitrogens is 3. The Morgan fingerprint density at radius 1 is 1.41 bits per heavy atom. The van der Waals surface area contributed by atoms with Gasteiger partial charge in [-0.2, -0.15) is 16.3 Å². The standard InChI is InChI=1S/C19H19FN4O2S/c1-23-18(25)8-17(15-2-5-21-9-16(15)20)22-19(23)26-11-13-3-6-24(10-13)14-4-7-27-12-14/h2,4-5,7-9,12-13H,3,6,10-11H2,1H3/t13-/m1/s1. The average molecular weight is 386 g/mol. The van der Waals surface area contributed by atoms with Crippen molar-refractivity contribution < 1.29 is 9.13 Å². The summed E-state index contributed by atoms with van der Waals surface area (Å²) in [5, 5.41) is 4.21. The quantitative estimate of drug-likeness (QED) is 0.675. The molecule has 0 amide bonds. The van der Waals surface area contributed by atoms with E-state index in [2.05, 4.69) is 31.7 Å². The van der Waals surface area contributed by atoms with Crippen LogP contribution in [0.3, 0.4) is 0 Å². The molecule has 3 aromatic heterocycles. The molecule has 0 unspecified atom stereocenters. The fourth-order valence-electron chi connectivity index (χ4n) is 3.20. The van der Waals surface area contributed by atoms with Gasteiger partial charge in [-0.3, -0.25) is 14.3 Å². The molecule has 4 rings (SSSR count). The SMILES string of the molecule is Cn1c(OC[C@@H]2CCN(c3ccsc3)C2)nc(-c2ccncc2F)cc1=O. The first-order chi connectivity index (χ1) is 13.1. The number of halogens is 1. The van der Waals surface area contributed by atoms with Gasteiger partial charge < -0.3 is 9.64 Å². The van der Waals surface area contributed by atoms with Gasteiger partial charge in [-0.25, -0.2) is 4.39 Å². The van der Waals surface area contributed by atoms with Crippen molar-refractivity contribution >= 4 is 17.0 Å². The molecular formula is C19H19FN4O2S. The molecule has 3 aromatic rings. The lowest BCUT2D eigenvalue weighted by Gasteiger charge is -2.17. The Labute approximate surface area is 159 Å². The highest BCUT2D eigenvalue weighted by atomic mass is 32.1. The molecule has 0 bridgehead atoms. The Morgan fingerprint density at radius 3 is 3.07 bits per heavy atom.